The molecule has 5 rings (SSSR count). The average molecular weight is 950 g/mol. The third-order valence-electron chi connectivity index (χ3n) is 12.9. The largest absolute Gasteiger partial charge is 0.479 e. The molecular weight excluding hydrogens is 879 g/mol. The van der Waals surface area contributed by atoms with Crippen LogP contribution in [0.4, 0.5) is 0 Å². The summed E-state index contributed by atoms with van der Waals surface area (Å²) in [4.78, 5) is 66.2. The van der Waals surface area contributed by atoms with E-state index in [2.05, 4.69) is 10.6 Å². The Labute approximate surface area is 383 Å². The Morgan fingerprint density at radius 2 is 1.58 bits per heavy atom. The molecule has 6 unspecified atom stereocenters. The number of imide groups is 1. The standard InChI is InChI=1S/C43H71N3O18S/c1-4-58-17-18-59-16-14-44-30(48)13-15-46-32(50)20-29(40(46)55)65-22-31(49)45-33-39(61-27(41(56)57)19-25-10-6-5-7-11-25)35(52)28(21-47)63-42(33)62-26-12-8-9-23(2)38(26)64-43-37(54)36(53)34(51)24(3)60-43/h23-29,33-39,42-43,47,51-54H,4-22H2,1-3H3,(H,44,48)(H,45,49)(H,56,57)/t23?,24?,26-,27+,28+,29?,33?,34-,35+,36+,37?,38-,39?,42-,43+/m1/s1. The van der Waals surface area contributed by atoms with Crippen molar-refractivity contribution in [1.82, 2.24) is 15.5 Å². The Kier molecular flexibility index (Phi) is 21.6. The molecule has 21 nitrogen and oxygen atoms in total. The maximum Gasteiger partial charge on any atom is 0.332 e. The lowest BCUT2D eigenvalue weighted by Crippen LogP contribution is -2.67. The molecule has 0 aromatic carbocycles. The van der Waals surface area contributed by atoms with Gasteiger partial charge in [0.05, 0.1) is 55.7 Å². The highest BCUT2D eigenvalue weighted by molar-refractivity contribution is 8.01. The van der Waals surface area contributed by atoms with Gasteiger partial charge in [0, 0.05) is 32.5 Å². The molecule has 15 atom stereocenters. The summed E-state index contributed by atoms with van der Waals surface area (Å²) in [6.07, 6.45) is -9.65. The molecule has 5 aliphatic rings. The van der Waals surface area contributed by atoms with Gasteiger partial charge in [0.15, 0.2) is 18.7 Å². The van der Waals surface area contributed by atoms with Crippen molar-refractivity contribution in [2.45, 2.75) is 176 Å². The summed E-state index contributed by atoms with van der Waals surface area (Å²) in [5.41, 5.74) is 0. The summed E-state index contributed by atoms with van der Waals surface area (Å²) in [6, 6.07) is -1.38. The van der Waals surface area contributed by atoms with Crippen molar-refractivity contribution in [3.8, 4) is 0 Å². The molecule has 2 saturated carbocycles. The van der Waals surface area contributed by atoms with Crippen LogP contribution in [0.25, 0.3) is 0 Å². The fraction of sp³-hybridized carbons (Fsp3) is 0.884. The van der Waals surface area contributed by atoms with Gasteiger partial charge in [-0.3, -0.25) is 24.1 Å². The minimum absolute atomic E-state index is 0.0459. The normalized spacial score (nSPS) is 35.2. The second-order valence-electron chi connectivity index (χ2n) is 17.6. The summed E-state index contributed by atoms with van der Waals surface area (Å²) in [5, 5.41) is 68.5. The number of hydrogen-bond acceptors (Lipinski definition) is 18. The summed E-state index contributed by atoms with van der Waals surface area (Å²) >= 11 is 0.896. The number of thioether (sulfide) groups is 1. The van der Waals surface area contributed by atoms with Crippen LogP contribution in [-0.2, 0) is 57.1 Å². The smallest absolute Gasteiger partial charge is 0.332 e. The Balaban J connectivity index is 1.28. The molecule has 3 heterocycles. The lowest BCUT2D eigenvalue weighted by Gasteiger charge is -2.48. The van der Waals surface area contributed by atoms with Crippen molar-refractivity contribution in [2.24, 2.45) is 11.8 Å². The Hall–Kier alpha value is -2.58. The number of aliphatic carboxylic acids is 1. The highest BCUT2D eigenvalue weighted by Crippen LogP contribution is 2.37. The van der Waals surface area contributed by atoms with E-state index in [1.807, 2.05) is 13.8 Å². The quantitative estimate of drug-likeness (QED) is 0.0434. The van der Waals surface area contributed by atoms with Gasteiger partial charge < -0.3 is 74.4 Å². The third kappa shape index (κ3) is 15.0. The molecule has 0 bridgehead atoms. The molecule has 3 saturated heterocycles. The van der Waals surface area contributed by atoms with Crippen molar-refractivity contribution in [2.75, 3.05) is 51.9 Å². The van der Waals surface area contributed by atoms with Gasteiger partial charge in [-0.05, 0) is 44.9 Å². The van der Waals surface area contributed by atoms with Gasteiger partial charge in [-0.1, -0.05) is 45.4 Å². The number of rotatable bonds is 24. The van der Waals surface area contributed by atoms with Gasteiger partial charge >= 0.3 is 5.97 Å². The lowest BCUT2D eigenvalue weighted by molar-refractivity contribution is -0.336. The first-order chi connectivity index (χ1) is 31.1. The molecule has 65 heavy (non-hydrogen) atoms. The van der Waals surface area contributed by atoms with Crippen LogP contribution in [0.15, 0.2) is 0 Å². The lowest BCUT2D eigenvalue weighted by atomic mass is 9.85. The Morgan fingerprint density at radius 3 is 2.29 bits per heavy atom. The average Bonchev–Trinajstić information content (AvgIpc) is 3.56. The van der Waals surface area contributed by atoms with E-state index in [4.69, 9.17) is 33.2 Å². The van der Waals surface area contributed by atoms with Gasteiger partial charge in [-0.15, -0.1) is 11.8 Å². The van der Waals surface area contributed by atoms with E-state index in [9.17, 15) is 54.6 Å². The minimum Gasteiger partial charge on any atom is -0.479 e. The van der Waals surface area contributed by atoms with Crippen LogP contribution in [0.5, 0.6) is 0 Å². The molecule has 8 N–H and O–H groups in total. The molecule has 0 aromatic rings. The van der Waals surface area contributed by atoms with E-state index in [1.165, 1.54) is 6.92 Å². The van der Waals surface area contributed by atoms with E-state index in [0.717, 1.165) is 48.8 Å². The molecule has 0 radical (unpaired) electrons. The van der Waals surface area contributed by atoms with Crippen LogP contribution in [0.2, 0.25) is 0 Å². The monoisotopic (exact) mass is 949 g/mol. The molecular formula is C43H71N3O18S. The van der Waals surface area contributed by atoms with Crippen LogP contribution in [-0.4, -0.2) is 202 Å². The zero-order valence-electron chi connectivity index (χ0n) is 37.6. The number of aliphatic hydroxyl groups is 5. The summed E-state index contributed by atoms with van der Waals surface area (Å²) < 4.78 is 41.5. The highest BCUT2D eigenvalue weighted by atomic mass is 32.2. The van der Waals surface area contributed by atoms with Gasteiger partial charge in [0.1, 0.15) is 42.7 Å². The number of ether oxygens (including phenoxy) is 7. The second-order valence-corrected chi connectivity index (χ2v) is 18.8. The van der Waals surface area contributed by atoms with E-state index >= 15 is 0 Å². The number of carboxylic acid groups (broad SMARTS) is 1. The maximum absolute atomic E-state index is 13.9. The number of amides is 4. The molecule has 22 heteroatoms. The SMILES string of the molecule is CCOCCOCCNC(=O)CCN1C(=O)CC(SCC(=O)NC2C(O[C@@H](CC3CCCCC3)C(=O)O)[C@@H](O)[C@H](CO)O[C@H]2O[C@@H]2CCCC(C)[C@H]2O[C@@H]2OC(C)[C@@H](O)[C@H](O)C2O)C1=O. The molecule has 4 amide bonds. The first kappa shape index (κ1) is 53.4. The summed E-state index contributed by atoms with van der Waals surface area (Å²) in [6.45, 7) is 6.31. The molecule has 0 aromatic heterocycles. The van der Waals surface area contributed by atoms with Crippen LogP contribution in [0, 0.1) is 11.8 Å². The number of likely N-dealkylation sites (tertiary alicyclic amines) is 1. The molecule has 5 fully saturated rings. The van der Waals surface area contributed by atoms with E-state index in [-0.39, 0.29) is 62.5 Å². The van der Waals surface area contributed by atoms with Crippen LogP contribution >= 0.6 is 11.8 Å². The van der Waals surface area contributed by atoms with E-state index < -0.39 is 115 Å². The van der Waals surface area contributed by atoms with Crippen molar-refractivity contribution in [3.05, 3.63) is 0 Å². The third-order valence-corrected chi connectivity index (χ3v) is 14.1. The fourth-order valence-electron chi connectivity index (χ4n) is 9.14. The number of aliphatic hydroxyl groups excluding tert-OH is 5. The molecule has 372 valence electrons. The predicted octanol–water partition coefficient (Wildman–Crippen LogP) is -0.804. The van der Waals surface area contributed by atoms with Gasteiger partial charge in [0.25, 0.3) is 0 Å². The van der Waals surface area contributed by atoms with Crippen LogP contribution in [0.1, 0.15) is 91.4 Å². The van der Waals surface area contributed by atoms with Crippen molar-refractivity contribution in [1.29, 1.82) is 0 Å². The minimum atomic E-state index is -1.64. The maximum atomic E-state index is 13.9. The van der Waals surface area contributed by atoms with E-state index in [0.29, 0.717) is 39.1 Å². The molecule has 2 aliphatic carbocycles. The van der Waals surface area contributed by atoms with Crippen molar-refractivity contribution in [3.63, 3.8) is 0 Å². The zero-order valence-corrected chi connectivity index (χ0v) is 38.4. The Bertz CT molecular complexity index is 1540. The molecule has 3 aliphatic heterocycles. The first-order valence-corrected chi connectivity index (χ1v) is 24.2. The second kappa shape index (κ2) is 26.3. The van der Waals surface area contributed by atoms with E-state index in [1.54, 1.807) is 0 Å². The van der Waals surface area contributed by atoms with Crippen molar-refractivity contribution >= 4 is 41.4 Å². The predicted molar refractivity (Wildman–Crippen MR) is 229 cm³/mol. The first-order valence-electron chi connectivity index (χ1n) is 23.1. The summed E-state index contributed by atoms with van der Waals surface area (Å²) in [7, 11) is 0. The Morgan fingerprint density at radius 1 is 0.846 bits per heavy atom. The number of carbonyl (C=O) groups excluding carboxylic acids is 4. The van der Waals surface area contributed by atoms with Gasteiger partial charge in [-0.2, -0.15) is 0 Å². The topological polar surface area (TPSA) is 299 Å². The number of carboxylic acids is 1. The zero-order chi connectivity index (χ0) is 47.2. The number of nitrogens with one attached hydrogen (secondary N) is 2. The highest BCUT2D eigenvalue weighted by Gasteiger charge is 2.52. The number of hydrogen-bond donors (Lipinski definition) is 8. The number of nitrogens with zero attached hydrogens (tertiary/aromatic N) is 1. The van der Waals surface area contributed by atoms with Crippen LogP contribution in [0.3, 0.4) is 0 Å². The summed E-state index contributed by atoms with van der Waals surface area (Å²) in [5.74, 6) is -3.91. The van der Waals surface area contributed by atoms with Gasteiger partial charge in [-0.25, -0.2) is 4.79 Å². The molecule has 0 spiro atoms. The fourth-order valence-corrected chi connectivity index (χ4v) is 10.1. The number of carbonyl (C=O) groups is 5. The van der Waals surface area contributed by atoms with Crippen molar-refractivity contribution < 1.29 is 87.8 Å². The van der Waals surface area contributed by atoms with Gasteiger partial charge in [0.2, 0.25) is 23.6 Å². The van der Waals surface area contributed by atoms with Crippen LogP contribution < -0.4 is 10.6 Å².